The fraction of sp³-hybridized carbons (Fsp3) is 0.417. The number of hydrogen-bond acceptors (Lipinski definition) is 6. The number of amides is 3. The van der Waals surface area contributed by atoms with Crippen LogP contribution in [0.5, 0.6) is 11.5 Å². The fourth-order valence-electron chi connectivity index (χ4n) is 6.41. The quantitative estimate of drug-likeness (QED) is 0.161. The van der Waals surface area contributed by atoms with Gasteiger partial charge in [-0.3, -0.25) is 18.9 Å². The Hall–Kier alpha value is -3.87. The molecule has 14 nitrogen and oxygen atoms in total. The van der Waals surface area contributed by atoms with Crippen molar-refractivity contribution in [2.24, 2.45) is 11.7 Å². The maximum absolute atomic E-state index is 14.0. The van der Waals surface area contributed by atoms with Crippen molar-refractivity contribution in [2.45, 2.75) is 75.3 Å². The molecule has 1 saturated carbocycles. The number of primary amides is 1. The molecule has 0 aromatic heterocycles. The summed E-state index contributed by atoms with van der Waals surface area (Å²) in [4.78, 5) is 59.0. The van der Waals surface area contributed by atoms with Crippen LogP contribution in [-0.4, -0.2) is 63.2 Å². The van der Waals surface area contributed by atoms with Gasteiger partial charge < -0.3 is 52.1 Å². The molecule has 0 bridgehead atoms. The summed E-state index contributed by atoms with van der Waals surface area (Å²) in [6.45, 7) is 0.897. The number of carbonyl (C=O) groups is 3. The smallest absolute Gasteiger partial charge is 0.336 e. The Morgan fingerprint density at radius 3 is 2.23 bits per heavy atom. The number of benzene rings is 3. The molecule has 3 aromatic rings. The molecule has 2 aliphatic rings. The first-order valence-corrected chi connectivity index (χ1v) is 19.1. The van der Waals surface area contributed by atoms with Crippen molar-refractivity contribution in [1.29, 1.82) is 0 Å². The third-order valence-corrected chi connectivity index (χ3v) is 11.7. The zero-order valence-electron chi connectivity index (χ0n) is 28.9. The summed E-state index contributed by atoms with van der Waals surface area (Å²) >= 11 is 0. The molecule has 0 saturated heterocycles. The van der Waals surface area contributed by atoms with Gasteiger partial charge in [0.15, 0.2) is 0 Å². The van der Waals surface area contributed by atoms with Crippen LogP contribution in [0.15, 0.2) is 66.7 Å². The van der Waals surface area contributed by atoms with Gasteiger partial charge in [0.25, 0.3) is 5.91 Å². The predicted octanol–water partition coefficient (Wildman–Crippen LogP) is 2.62. The van der Waals surface area contributed by atoms with Crippen LogP contribution >= 0.6 is 16.8 Å². The molecular weight excluding hydrogens is 712 g/mol. The van der Waals surface area contributed by atoms with E-state index in [2.05, 4.69) is 19.9 Å². The highest BCUT2D eigenvalue weighted by atomic mass is 31.2. The molecule has 1 fully saturated rings. The van der Waals surface area contributed by atoms with Crippen LogP contribution in [0.3, 0.4) is 0 Å². The molecule has 0 spiro atoms. The Balaban J connectivity index is 0.00000312. The normalized spacial score (nSPS) is 16.8. The summed E-state index contributed by atoms with van der Waals surface area (Å²) < 4.78 is 24.0. The number of ether oxygens (including phenoxy) is 2. The van der Waals surface area contributed by atoms with Crippen LogP contribution in [0.1, 0.15) is 89.0 Å². The molecule has 3 amide bonds. The maximum atomic E-state index is 14.0. The highest BCUT2D eigenvalue weighted by Gasteiger charge is 2.30. The average molecular weight is 764 g/mol. The number of fused-ring (bicyclic) bond motifs is 1. The van der Waals surface area contributed by atoms with Gasteiger partial charge in [-0.15, -0.1) is 9.24 Å². The maximum Gasteiger partial charge on any atom is 0.336 e. The first-order chi connectivity index (χ1) is 23.5. The molecule has 52 heavy (non-hydrogen) atoms. The van der Waals surface area contributed by atoms with Crippen LogP contribution in [-0.2, 0) is 27.0 Å². The van der Waals surface area contributed by atoms with E-state index < -0.39 is 36.9 Å². The summed E-state index contributed by atoms with van der Waals surface area (Å²) in [5.74, 6) is -0.124. The number of nitrogens with one attached hydrogen (secondary N) is 2. The van der Waals surface area contributed by atoms with Crippen LogP contribution in [0, 0.1) is 5.92 Å². The third kappa shape index (κ3) is 12.1. The van der Waals surface area contributed by atoms with E-state index in [1.54, 1.807) is 36.4 Å². The zero-order valence-corrected chi connectivity index (χ0v) is 30.9. The highest BCUT2D eigenvalue weighted by Crippen LogP contribution is 2.55. The molecule has 286 valence electrons. The van der Waals surface area contributed by atoms with E-state index in [-0.39, 0.29) is 40.7 Å². The van der Waals surface area contributed by atoms with Gasteiger partial charge in [-0.05, 0) is 54.4 Å². The van der Waals surface area contributed by atoms with E-state index in [1.165, 1.54) is 19.3 Å². The second kappa shape index (κ2) is 20.4. The molecule has 4 atom stereocenters. The zero-order chi connectivity index (χ0) is 35.0. The Labute approximate surface area is 305 Å². The van der Waals surface area contributed by atoms with Crippen molar-refractivity contribution >= 4 is 34.6 Å². The van der Waals surface area contributed by atoms with E-state index in [1.807, 2.05) is 30.3 Å². The molecule has 1 heterocycles. The molecule has 16 heteroatoms. The minimum atomic E-state index is -4.37. The molecule has 0 radical (unpaired) electrons. The van der Waals surface area contributed by atoms with E-state index in [4.69, 9.17) is 15.2 Å². The van der Waals surface area contributed by atoms with Gasteiger partial charge in [0, 0.05) is 18.1 Å². The second-order valence-corrected chi connectivity index (χ2v) is 15.8. The Kier molecular flexibility index (Phi) is 17.4. The predicted molar refractivity (Wildman–Crippen MR) is 200 cm³/mol. The van der Waals surface area contributed by atoms with E-state index >= 15 is 0 Å². The summed E-state index contributed by atoms with van der Waals surface area (Å²) in [5, 5.41) is 4.91. The first-order valence-electron chi connectivity index (χ1n) is 16.7. The highest BCUT2D eigenvalue weighted by molar-refractivity contribution is 7.60. The van der Waals surface area contributed by atoms with Crippen LogP contribution in [0.25, 0.3) is 0 Å². The van der Waals surface area contributed by atoms with E-state index in [0.717, 1.165) is 18.4 Å². The van der Waals surface area contributed by atoms with Crippen molar-refractivity contribution in [1.82, 2.24) is 10.6 Å². The largest absolute Gasteiger partial charge is 0.493 e. The van der Waals surface area contributed by atoms with Crippen molar-refractivity contribution in [3.63, 3.8) is 0 Å². The Morgan fingerprint density at radius 2 is 1.60 bits per heavy atom. The summed E-state index contributed by atoms with van der Waals surface area (Å²) in [7, 11) is -2.20. The lowest BCUT2D eigenvalue weighted by molar-refractivity contribution is -0.129. The van der Waals surface area contributed by atoms with Gasteiger partial charge in [-0.25, -0.2) is 0 Å². The molecule has 3 unspecified atom stereocenters. The monoisotopic (exact) mass is 763 g/mol. The molecule has 1 aliphatic heterocycles. The number of hydrogen-bond donors (Lipinski definition) is 5. The van der Waals surface area contributed by atoms with E-state index in [0.29, 0.717) is 60.2 Å². The summed E-state index contributed by atoms with van der Waals surface area (Å²) in [5.41, 5.74) is 8.54. The van der Waals surface area contributed by atoms with E-state index in [9.17, 15) is 28.7 Å². The Bertz CT molecular complexity index is 1670. The van der Waals surface area contributed by atoms with Gasteiger partial charge in [0.05, 0.1) is 36.6 Å². The Morgan fingerprint density at radius 1 is 0.923 bits per heavy atom. The lowest BCUT2D eigenvalue weighted by Gasteiger charge is -2.25. The average Bonchev–Trinajstić information content (AvgIpc) is 3.28. The van der Waals surface area contributed by atoms with Crippen LogP contribution < -0.4 is 25.8 Å². The van der Waals surface area contributed by atoms with Gasteiger partial charge in [0.2, 0.25) is 11.8 Å². The number of nitrogens with two attached hydrogens (primary N) is 1. The minimum absolute atomic E-state index is 0. The second-order valence-electron chi connectivity index (χ2n) is 12.9. The van der Waals surface area contributed by atoms with Gasteiger partial charge in [-0.1, -0.05) is 73.9 Å². The molecule has 5 rings (SSSR count). The lowest BCUT2D eigenvalue weighted by atomic mass is 9.90. The van der Waals surface area contributed by atoms with Crippen LogP contribution in [0.4, 0.5) is 0 Å². The summed E-state index contributed by atoms with van der Waals surface area (Å²) in [6.07, 6.45) is 7.08. The minimum Gasteiger partial charge on any atom is -0.493 e. The topological polar surface area (TPSA) is 272 Å². The van der Waals surface area contributed by atoms with Gasteiger partial charge >= 0.3 is 7.60 Å². The molecule has 12 N–H and O–H groups in total. The van der Waals surface area contributed by atoms with Crippen molar-refractivity contribution in [2.75, 3.05) is 13.2 Å². The van der Waals surface area contributed by atoms with Crippen molar-refractivity contribution in [3.05, 3.63) is 94.5 Å². The van der Waals surface area contributed by atoms with Crippen molar-refractivity contribution < 1.29 is 54.6 Å². The number of carbonyl (C=O) groups excluding carboxylic acids is 3. The first kappa shape index (κ1) is 44.3. The molecular formula is C36H51N3O11P2. The molecule has 1 aliphatic carbocycles. The van der Waals surface area contributed by atoms with Crippen LogP contribution in [0.2, 0.25) is 0 Å². The van der Waals surface area contributed by atoms with Gasteiger partial charge in [-0.2, -0.15) is 0 Å². The molecule has 3 aromatic carbocycles. The lowest BCUT2D eigenvalue weighted by Crippen LogP contribution is -2.49. The number of rotatable bonds is 13. The third-order valence-electron chi connectivity index (χ3n) is 9.15. The van der Waals surface area contributed by atoms with Gasteiger partial charge in [0.1, 0.15) is 17.5 Å². The fourth-order valence-corrected chi connectivity index (χ4v) is 7.20. The summed E-state index contributed by atoms with van der Waals surface area (Å²) in [6, 6.07) is 17.6. The standard InChI is InChI=1S/C36H45N3O8P2.3H2O/c37-34(41)28-20-27-29(12-7-17-46-31(27)21-32(28)47-22-25-10-5-2-6-11-25)39-35(42)30(38-33(40)19-23-8-3-1-4-9-23)18-24-13-15-26(16-14-24)36(48)49(43,44)45;;;/h1,3-4,8-9,13-16,20-21,25,29-30,36H,2,5-7,10-12,17-19,22,48H2,(H2,37,41)(H,38,40)(H,39,42)(H2,43,44,45);3*1H2/t29?,30-,36?;;;/m0.../s1. The van der Waals surface area contributed by atoms with Crippen molar-refractivity contribution in [3.8, 4) is 11.5 Å². The SMILES string of the molecule is NC(=O)c1cc2c(cc1OCC1CCCCC1)OCCCC2NC(=O)[C@H](Cc1ccc(C(P)P(=O)(O)O)cc1)NC(=O)Cc1ccccc1.O.O.O.